The highest BCUT2D eigenvalue weighted by Crippen LogP contribution is 2.29. The lowest BCUT2D eigenvalue weighted by molar-refractivity contribution is -0.118. The van der Waals surface area contributed by atoms with Crippen molar-refractivity contribution in [3.63, 3.8) is 0 Å². The largest absolute Gasteiger partial charge is 0.355 e. The van der Waals surface area contributed by atoms with Gasteiger partial charge in [0.05, 0.1) is 0 Å². The standard InChI is InChI=1S/C28H30N6O3S/c35-25-5-2-11-33(25)22-8-6-20(7-9-22)30-21-3-1-4-23(17-21)34-19-24(18-26(34)36)31-12-14-32(15-13-31)28(37)27-29-10-16-38-27/h1,3-4,6-10,16-17,24,30H,2,5,11-15,18-19H2. The van der Waals surface area contributed by atoms with Crippen LogP contribution in [0.1, 0.15) is 29.1 Å². The van der Waals surface area contributed by atoms with Gasteiger partial charge in [0.1, 0.15) is 0 Å². The third-order valence-electron chi connectivity index (χ3n) is 7.54. The van der Waals surface area contributed by atoms with E-state index < -0.39 is 0 Å². The molecule has 6 rings (SSSR count). The van der Waals surface area contributed by atoms with Gasteiger partial charge in [-0.25, -0.2) is 4.98 Å². The van der Waals surface area contributed by atoms with Crippen LogP contribution in [0.3, 0.4) is 0 Å². The third kappa shape index (κ3) is 5.01. The summed E-state index contributed by atoms with van der Waals surface area (Å²) >= 11 is 1.37. The summed E-state index contributed by atoms with van der Waals surface area (Å²) in [6, 6.07) is 15.9. The Bertz CT molecular complexity index is 1320. The van der Waals surface area contributed by atoms with Crippen molar-refractivity contribution in [1.82, 2.24) is 14.8 Å². The van der Waals surface area contributed by atoms with Gasteiger partial charge in [-0.2, -0.15) is 0 Å². The molecule has 1 atom stereocenters. The zero-order valence-corrected chi connectivity index (χ0v) is 21.9. The van der Waals surface area contributed by atoms with Gasteiger partial charge in [0.2, 0.25) is 11.8 Å². The minimum absolute atomic E-state index is 0.00716. The highest BCUT2D eigenvalue weighted by atomic mass is 32.1. The molecule has 4 heterocycles. The summed E-state index contributed by atoms with van der Waals surface area (Å²) in [5.41, 5.74) is 3.62. The maximum Gasteiger partial charge on any atom is 0.282 e. The fourth-order valence-corrected chi connectivity index (χ4v) is 6.10. The Balaban J connectivity index is 1.06. The molecule has 2 aromatic carbocycles. The topological polar surface area (TPSA) is 89.1 Å². The number of carbonyl (C=O) groups excluding carboxylic acids is 3. The summed E-state index contributed by atoms with van der Waals surface area (Å²) in [5.74, 6) is 0.290. The first-order chi connectivity index (χ1) is 18.5. The first-order valence-corrected chi connectivity index (χ1v) is 13.9. The van der Waals surface area contributed by atoms with Crippen LogP contribution in [-0.4, -0.2) is 77.8 Å². The maximum absolute atomic E-state index is 13.0. The Morgan fingerprint density at radius 2 is 1.71 bits per heavy atom. The Hall–Kier alpha value is -3.76. The van der Waals surface area contributed by atoms with E-state index in [1.807, 2.05) is 68.6 Å². The number of piperazine rings is 1. The number of aromatic nitrogens is 1. The third-order valence-corrected chi connectivity index (χ3v) is 8.30. The van der Waals surface area contributed by atoms with Gasteiger partial charge < -0.3 is 20.0 Å². The van der Waals surface area contributed by atoms with Crippen LogP contribution < -0.4 is 15.1 Å². The van der Waals surface area contributed by atoms with Gasteiger partial charge in [-0.05, 0) is 48.9 Å². The number of carbonyl (C=O) groups is 3. The Labute approximate surface area is 225 Å². The predicted octanol–water partition coefficient (Wildman–Crippen LogP) is 3.58. The number of nitrogens with one attached hydrogen (secondary N) is 1. The number of thiazole rings is 1. The molecule has 10 heteroatoms. The van der Waals surface area contributed by atoms with Crippen molar-refractivity contribution >= 4 is 51.8 Å². The molecule has 3 aromatic rings. The first-order valence-electron chi connectivity index (χ1n) is 13.1. The number of hydrogen-bond donors (Lipinski definition) is 1. The molecule has 3 aliphatic heterocycles. The molecular weight excluding hydrogens is 500 g/mol. The summed E-state index contributed by atoms with van der Waals surface area (Å²) < 4.78 is 0. The second-order valence-electron chi connectivity index (χ2n) is 9.90. The van der Waals surface area contributed by atoms with Crippen LogP contribution in [0.25, 0.3) is 0 Å². The Morgan fingerprint density at radius 3 is 2.42 bits per heavy atom. The molecule has 0 saturated carbocycles. The summed E-state index contributed by atoms with van der Waals surface area (Å²) in [7, 11) is 0. The van der Waals surface area contributed by atoms with Gasteiger partial charge in [-0.1, -0.05) is 6.07 Å². The number of rotatable bonds is 6. The second kappa shape index (κ2) is 10.5. The quantitative estimate of drug-likeness (QED) is 0.524. The number of benzene rings is 2. The minimum atomic E-state index is -0.00716. The van der Waals surface area contributed by atoms with E-state index in [0.717, 1.165) is 48.8 Å². The van der Waals surface area contributed by atoms with Crippen molar-refractivity contribution < 1.29 is 14.4 Å². The molecule has 3 amide bonds. The lowest BCUT2D eigenvalue weighted by atomic mass is 10.2. The van der Waals surface area contributed by atoms with Crippen molar-refractivity contribution in [2.24, 2.45) is 0 Å². The molecule has 9 nitrogen and oxygen atoms in total. The monoisotopic (exact) mass is 530 g/mol. The molecule has 196 valence electrons. The Morgan fingerprint density at radius 1 is 0.895 bits per heavy atom. The van der Waals surface area contributed by atoms with E-state index in [0.29, 0.717) is 37.5 Å². The molecule has 3 saturated heterocycles. The number of hydrogen-bond acceptors (Lipinski definition) is 7. The molecule has 3 aliphatic rings. The SMILES string of the molecule is O=C(c1nccs1)N1CCN(C2CC(=O)N(c3cccc(Nc4ccc(N5CCCC5=O)cc4)c3)C2)CC1. The maximum atomic E-state index is 13.0. The van der Waals surface area contributed by atoms with Crippen LogP contribution in [0.4, 0.5) is 22.7 Å². The average Bonchev–Trinajstić information content (AvgIpc) is 3.71. The van der Waals surface area contributed by atoms with Gasteiger partial charge in [0.25, 0.3) is 5.91 Å². The molecule has 0 radical (unpaired) electrons. The lowest BCUT2D eigenvalue weighted by Crippen LogP contribution is -2.52. The van der Waals surface area contributed by atoms with Crippen molar-refractivity contribution in [2.45, 2.75) is 25.3 Å². The second-order valence-corrected chi connectivity index (χ2v) is 10.8. The summed E-state index contributed by atoms with van der Waals surface area (Å²) in [6.45, 7) is 4.22. The molecule has 3 fully saturated rings. The van der Waals surface area contributed by atoms with E-state index in [1.54, 1.807) is 6.20 Å². The van der Waals surface area contributed by atoms with Crippen LogP contribution in [0.2, 0.25) is 0 Å². The van der Waals surface area contributed by atoms with Crippen LogP contribution >= 0.6 is 11.3 Å². The lowest BCUT2D eigenvalue weighted by Gasteiger charge is -2.37. The minimum Gasteiger partial charge on any atom is -0.355 e. The molecule has 0 spiro atoms. The van der Waals surface area contributed by atoms with Gasteiger partial charge >= 0.3 is 0 Å². The van der Waals surface area contributed by atoms with E-state index in [4.69, 9.17) is 0 Å². The highest BCUT2D eigenvalue weighted by Gasteiger charge is 2.36. The van der Waals surface area contributed by atoms with Crippen molar-refractivity contribution in [2.75, 3.05) is 54.4 Å². The van der Waals surface area contributed by atoms with Gasteiger partial charge in [0, 0.05) is 92.5 Å². The average molecular weight is 531 g/mol. The van der Waals surface area contributed by atoms with Crippen molar-refractivity contribution in [3.8, 4) is 0 Å². The predicted molar refractivity (Wildman–Crippen MR) is 148 cm³/mol. The molecule has 1 unspecified atom stereocenters. The zero-order chi connectivity index (χ0) is 26.1. The van der Waals surface area contributed by atoms with Crippen molar-refractivity contribution in [3.05, 3.63) is 65.1 Å². The van der Waals surface area contributed by atoms with Crippen LogP contribution in [0, 0.1) is 0 Å². The summed E-state index contributed by atoms with van der Waals surface area (Å²) in [5, 5.41) is 5.77. The van der Waals surface area contributed by atoms with Crippen molar-refractivity contribution in [1.29, 1.82) is 0 Å². The zero-order valence-electron chi connectivity index (χ0n) is 21.1. The van der Waals surface area contributed by atoms with Crippen LogP contribution in [0.5, 0.6) is 0 Å². The Kier molecular flexibility index (Phi) is 6.82. The first kappa shape index (κ1) is 24.6. The molecular formula is C28H30N6O3S. The van der Waals surface area contributed by atoms with E-state index in [9.17, 15) is 14.4 Å². The van der Waals surface area contributed by atoms with Gasteiger partial charge in [-0.15, -0.1) is 11.3 Å². The summed E-state index contributed by atoms with van der Waals surface area (Å²) in [6.07, 6.45) is 3.66. The fourth-order valence-electron chi connectivity index (χ4n) is 5.50. The fraction of sp³-hybridized carbons (Fsp3) is 0.357. The molecule has 0 aliphatic carbocycles. The molecule has 0 bridgehead atoms. The van der Waals surface area contributed by atoms with E-state index in [1.165, 1.54) is 11.3 Å². The van der Waals surface area contributed by atoms with Gasteiger partial charge in [0.15, 0.2) is 5.01 Å². The molecule has 1 N–H and O–H groups in total. The van der Waals surface area contributed by atoms with Crippen LogP contribution in [-0.2, 0) is 9.59 Å². The van der Waals surface area contributed by atoms with Crippen LogP contribution in [0.15, 0.2) is 60.1 Å². The van der Waals surface area contributed by atoms with E-state index >= 15 is 0 Å². The summed E-state index contributed by atoms with van der Waals surface area (Å²) in [4.78, 5) is 49.6. The molecule has 1 aromatic heterocycles. The van der Waals surface area contributed by atoms with E-state index in [2.05, 4.69) is 15.2 Å². The van der Waals surface area contributed by atoms with Gasteiger partial charge in [-0.3, -0.25) is 19.3 Å². The highest BCUT2D eigenvalue weighted by molar-refractivity contribution is 7.11. The molecule has 38 heavy (non-hydrogen) atoms. The number of nitrogens with zero attached hydrogens (tertiary/aromatic N) is 5. The smallest absolute Gasteiger partial charge is 0.282 e. The number of anilines is 4. The normalized spacial score (nSPS) is 20.4. The van der Waals surface area contributed by atoms with E-state index in [-0.39, 0.29) is 23.8 Å². The number of amides is 3.